The Bertz CT molecular complexity index is 2260. The molecule has 1 aliphatic carbocycles. The van der Waals surface area contributed by atoms with E-state index in [2.05, 4.69) is 21.0 Å². The van der Waals surface area contributed by atoms with E-state index in [0.717, 1.165) is 105 Å². The van der Waals surface area contributed by atoms with E-state index >= 15 is 0 Å². The van der Waals surface area contributed by atoms with Gasteiger partial charge in [-0.25, -0.2) is 13.6 Å². The molecule has 5 aliphatic rings. The van der Waals surface area contributed by atoms with Gasteiger partial charge >= 0.3 is 5.69 Å². The smallest absolute Gasteiger partial charge is 0.329 e. The summed E-state index contributed by atoms with van der Waals surface area (Å²) in [6.45, 7) is 3.76. The van der Waals surface area contributed by atoms with Gasteiger partial charge in [0, 0.05) is 112 Å². The molecule has 60 heavy (non-hydrogen) atoms. The quantitative estimate of drug-likeness (QED) is 0.0799. The summed E-state index contributed by atoms with van der Waals surface area (Å²) in [5.41, 5.74) is 6.10. The molecule has 4 aliphatic heterocycles. The molecule has 0 bridgehead atoms. The average molecular weight is 827 g/mol. The van der Waals surface area contributed by atoms with E-state index in [4.69, 9.17) is 0 Å². The first-order chi connectivity index (χ1) is 29.1. The zero-order chi connectivity index (χ0) is 41.9. The number of fused-ring (bicyclic) bond motifs is 2. The number of likely N-dealkylation sites (tertiary alicyclic amines) is 1. The highest BCUT2D eigenvalue weighted by atomic mass is 19.3. The van der Waals surface area contributed by atoms with Gasteiger partial charge in [-0.15, -0.1) is 0 Å². The molecule has 3 aromatic rings. The summed E-state index contributed by atoms with van der Waals surface area (Å²) in [4.78, 5) is 55.0. The maximum atomic E-state index is 14.5. The van der Waals surface area contributed by atoms with Crippen LogP contribution in [0.2, 0.25) is 0 Å². The molecule has 2 fully saturated rings. The maximum absolute atomic E-state index is 14.5. The number of allylic oxidation sites excluding steroid dienone is 1. The number of nitrogens with one attached hydrogen (secondary N) is 4. The number of unbranched alkanes of at least 4 members (excludes halogenated alkanes) is 3. The molecule has 1 aromatic carbocycles. The molecule has 6 heterocycles. The van der Waals surface area contributed by atoms with E-state index in [0.29, 0.717) is 68.2 Å². The molecule has 320 valence electrons. The minimum atomic E-state index is -2.67. The molecule has 0 spiro atoms. The zero-order valence-corrected chi connectivity index (χ0v) is 34.4. The SMILES string of the molecule is Cn1cc(-c2cc3c(cc2C(F)F)N(C(=N)C2=C(NC4CCN(C(=O)CCCCCCn5c6c(n(C7CCC(=O)NC7=O)c5=O)C=CCC6)CC4)CCNC2)CCC3)cn1. The number of halogens is 2. The lowest BCUT2D eigenvalue weighted by molar-refractivity contribution is -0.136. The average Bonchev–Trinajstić information content (AvgIpc) is 3.81. The number of imidazole rings is 1. The number of amides is 3. The monoisotopic (exact) mass is 826 g/mol. The Hall–Kier alpha value is -5.38. The van der Waals surface area contributed by atoms with Gasteiger partial charge in [-0.1, -0.05) is 18.9 Å². The molecule has 16 heteroatoms. The van der Waals surface area contributed by atoms with Crippen LogP contribution in [0, 0.1) is 5.41 Å². The van der Waals surface area contributed by atoms with Crippen LogP contribution in [0.3, 0.4) is 0 Å². The number of aryl methyl sites for hydroxylation is 2. The van der Waals surface area contributed by atoms with Crippen LogP contribution in [0.4, 0.5) is 14.5 Å². The van der Waals surface area contributed by atoms with Gasteiger partial charge in [-0.05, 0) is 87.1 Å². The van der Waals surface area contributed by atoms with Crippen molar-refractivity contribution in [1.29, 1.82) is 5.41 Å². The summed E-state index contributed by atoms with van der Waals surface area (Å²) in [6, 6.07) is 2.92. The maximum Gasteiger partial charge on any atom is 0.329 e. The highest BCUT2D eigenvalue weighted by Gasteiger charge is 2.34. The summed E-state index contributed by atoms with van der Waals surface area (Å²) >= 11 is 0. The summed E-state index contributed by atoms with van der Waals surface area (Å²) in [5.74, 6) is -0.229. The molecular formula is C44H56F2N10O4. The molecule has 2 aromatic heterocycles. The number of benzene rings is 1. The summed E-state index contributed by atoms with van der Waals surface area (Å²) in [6.07, 6.45) is 14.5. The largest absolute Gasteiger partial charge is 0.385 e. The van der Waals surface area contributed by atoms with Crippen molar-refractivity contribution in [3.63, 3.8) is 0 Å². The van der Waals surface area contributed by atoms with Crippen molar-refractivity contribution in [2.75, 3.05) is 37.6 Å². The molecule has 8 rings (SSSR count). The van der Waals surface area contributed by atoms with Gasteiger partial charge in [0.1, 0.15) is 11.9 Å². The van der Waals surface area contributed by atoms with Crippen LogP contribution in [0.1, 0.15) is 112 Å². The van der Waals surface area contributed by atoms with Gasteiger partial charge in [0.2, 0.25) is 17.7 Å². The normalized spacial score (nSPS) is 19.8. The van der Waals surface area contributed by atoms with E-state index in [1.54, 1.807) is 39.3 Å². The molecule has 0 saturated carbocycles. The topological polar surface area (TPSA) is 162 Å². The number of imide groups is 1. The lowest BCUT2D eigenvalue weighted by Crippen LogP contribution is -2.47. The Kier molecular flexibility index (Phi) is 12.5. The van der Waals surface area contributed by atoms with Crippen molar-refractivity contribution in [2.45, 2.75) is 115 Å². The Balaban J connectivity index is 0.821. The fourth-order valence-electron chi connectivity index (χ4n) is 9.62. The van der Waals surface area contributed by atoms with E-state index in [1.165, 1.54) is 0 Å². The number of hydrogen-bond acceptors (Lipinski definition) is 8. The van der Waals surface area contributed by atoms with Gasteiger partial charge < -0.3 is 20.4 Å². The highest BCUT2D eigenvalue weighted by Crippen LogP contribution is 2.39. The first kappa shape index (κ1) is 41.4. The van der Waals surface area contributed by atoms with Gasteiger partial charge in [-0.3, -0.25) is 38.9 Å². The van der Waals surface area contributed by atoms with Crippen LogP contribution in [0.25, 0.3) is 17.2 Å². The molecule has 4 N–H and O–H groups in total. The summed E-state index contributed by atoms with van der Waals surface area (Å²) in [5, 5.41) is 23.1. The Morgan fingerprint density at radius 1 is 1.02 bits per heavy atom. The van der Waals surface area contributed by atoms with Crippen LogP contribution >= 0.6 is 0 Å². The van der Waals surface area contributed by atoms with E-state index in [-0.39, 0.29) is 35.5 Å². The third kappa shape index (κ3) is 8.61. The van der Waals surface area contributed by atoms with Crippen LogP contribution in [0.15, 0.2) is 46.7 Å². The number of rotatable bonds is 13. The number of piperidine rings is 2. The fraction of sp³-hybridized carbons (Fsp3) is 0.545. The number of aromatic nitrogens is 4. The second kappa shape index (κ2) is 18.1. The molecule has 14 nitrogen and oxygen atoms in total. The van der Waals surface area contributed by atoms with Gasteiger partial charge in [0.25, 0.3) is 6.43 Å². The second-order valence-electron chi connectivity index (χ2n) is 16.8. The van der Waals surface area contributed by atoms with Crippen molar-refractivity contribution >= 4 is 35.3 Å². The van der Waals surface area contributed by atoms with Crippen molar-refractivity contribution in [2.24, 2.45) is 7.05 Å². The van der Waals surface area contributed by atoms with E-state index in [1.807, 2.05) is 28.0 Å². The van der Waals surface area contributed by atoms with E-state index in [9.17, 15) is 33.4 Å². The Morgan fingerprint density at radius 2 is 1.83 bits per heavy atom. The number of alkyl halides is 2. The molecule has 0 radical (unpaired) electrons. The number of nitrogens with zero attached hydrogens (tertiary/aromatic N) is 6. The third-order valence-electron chi connectivity index (χ3n) is 12.8. The predicted molar refractivity (Wildman–Crippen MR) is 225 cm³/mol. The molecule has 2 saturated heterocycles. The minimum Gasteiger partial charge on any atom is -0.385 e. The first-order valence-electron chi connectivity index (χ1n) is 21.7. The van der Waals surface area contributed by atoms with Crippen molar-refractivity contribution in [3.05, 3.63) is 74.9 Å². The lowest BCUT2D eigenvalue weighted by atomic mass is 9.92. The lowest BCUT2D eigenvalue weighted by Gasteiger charge is -2.37. The van der Waals surface area contributed by atoms with Crippen LogP contribution in [-0.2, 0) is 40.8 Å². The van der Waals surface area contributed by atoms with Gasteiger partial charge in [0.05, 0.1) is 11.9 Å². The molecule has 1 unspecified atom stereocenters. The van der Waals surface area contributed by atoms with Crippen LogP contribution in [-0.4, -0.2) is 86.1 Å². The molecular weight excluding hydrogens is 771 g/mol. The first-order valence-corrected chi connectivity index (χ1v) is 21.7. The van der Waals surface area contributed by atoms with Crippen LogP contribution in [0.5, 0.6) is 0 Å². The number of amidine groups is 1. The second-order valence-corrected chi connectivity index (χ2v) is 16.8. The third-order valence-corrected chi connectivity index (χ3v) is 12.8. The van der Waals surface area contributed by atoms with Crippen molar-refractivity contribution in [3.8, 4) is 11.1 Å². The van der Waals surface area contributed by atoms with Gasteiger partial charge in [0.15, 0.2) is 0 Å². The highest BCUT2D eigenvalue weighted by molar-refractivity contribution is 6.09. The minimum absolute atomic E-state index is 0.0534. The zero-order valence-electron chi connectivity index (χ0n) is 34.4. The fourth-order valence-corrected chi connectivity index (χ4v) is 9.62. The van der Waals surface area contributed by atoms with Gasteiger partial charge in [-0.2, -0.15) is 5.10 Å². The summed E-state index contributed by atoms with van der Waals surface area (Å²) in [7, 11) is 1.77. The standard InChI is InChI=1S/C44H56F2N10O4/c1-52-27-29(25-49-52)31-23-28-9-8-20-54(38(28)24-32(31)41(45)46)42(47)33-26-48-18-15-34(33)50-30-16-21-53(22-17-30)40(58)12-4-2-3-7-19-55-35-10-5-6-11-36(35)56(44(55)60)37-13-14-39(57)51-43(37)59/h6,11,23-25,27,30,37,41,47-48,50H,2-5,7-10,12-22,26H2,1H3,(H,51,57,59). The molecule has 3 amide bonds. The van der Waals surface area contributed by atoms with Crippen LogP contribution < -0.4 is 26.5 Å². The molecule has 1 atom stereocenters. The Morgan fingerprint density at radius 3 is 2.60 bits per heavy atom. The van der Waals surface area contributed by atoms with E-state index < -0.39 is 18.4 Å². The number of carbonyl (C=O) groups excluding carboxylic acids is 3. The summed E-state index contributed by atoms with van der Waals surface area (Å²) < 4.78 is 33.9. The van der Waals surface area contributed by atoms with Crippen molar-refractivity contribution in [1.82, 2.24) is 39.8 Å². The number of hydrogen-bond donors (Lipinski definition) is 4. The number of carbonyl (C=O) groups is 3. The van der Waals surface area contributed by atoms with Crippen molar-refractivity contribution < 1.29 is 23.2 Å². The predicted octanol–water partition coefficient (Wildman–Crippen LogP) is 5.13. The number of anilines is 1. The Labute approximate surface area is 348 Å².